The number of nitrogens with zero attached hydrogens (tertiary/aromatic N) is 4. The molecule has 0 atom stereocenters. The number of nitro groups is 1. The Morgan fingerprint density at radius 1 is 1.30 bits per heavy atom. The third-order valence-electron chi connectivity index (χ3n) is 5.17. The molecule has 0 saturated carbocycles. The van der Waals surface area contributed by atoms with Crippen LogP contribution in [0.1, 0.15) is 25.3 Å². The molecule has 1 fully saturated rings. The zero-order valence-corrected chi connectivity index (χ0v) is 18.6. The van der Waals surface area contributed by atoms with Gasteiger partial charge in [0.05, 0.1) is 16.9 Å². The van der Waals surface area contributed by atoms with Crippen molar-refractivity contribution in [2.45, 2.75) is 32.4 Å². The molecule has 0 amide bonds. The number of rotatable bonds is 7. The lowest BCUT2D eigenvalue weighted by Crippen LogP contribution is -2.39. The Kier molecular flexibility index (Phi) is 6.82. The summed E-state index contributed by atoms with van der Waals surface area (Å²) in [6.07, 6.45) is 0.251. The Bertz CT molecular complexity index is 1150. The van der Waals surface area contributed by atoms with Crippen LogP contribution in [0.15, 0.2) is 30.3 Å². The minimum Gasteiger partial charge on any atom is -0.435 e. The van der Waals surface area contributed by atoms with Crippen LogP contribution in [0.3, 0.4) is 0 Å². The quantitative estimate of drug-likeness (QED) is 0.299. The monoisotopic (exact) mass is 475 g/mol. The largest absolute Gasteiger partial charge is 0.508 e. The first kappa shape index (κ1) is 22.6. The molecule has 3 heterocycles. The second-order valence-corrected chi connectivity index (χ2v) is 8.41. The number of piperidine rings is 1. The number of fused-ring (bicyclic) bond motifs is 1. The molecule has 174 valence electrons. The number of aromatic nitrogens is 2. The molecule has 1 aromatic carbocycles. The predicted octanol–water partition coefficient (Wildman–Crippen LogP) is 4.49. The normalized spacial score (nSPS) is 14.3. The predicted molar refractivity (Wildman–Crippen MR) is 121 cm³/mol. The van der Waals surface area contributed by atoms with Crippen molar-refractivity contribution < 1.29 is 23.6 Å². The number of ether oxygens (including phenoxy) is 2. The summed E-state index contributed by atoms with van der Waals surface area (Å²) >= 11 is 0.983. The molecule has 12 heteroatoms. The van der Waals surface area contributed by atoms with Crippen LogP contribution in [-0.4, -0.2) is 46.8 Å². The molecule has 1 N–H and O–H groups in total. The summed E-state index contributed by atoms with van der Waals surface area (Å²) in [7, 11) is 0. The molecule has 3 aromatic rings. The molecule has 33 heavy (non-hydrogen) atoms. The SMILES string of the molecule is CCOC(=O)OC1CCN(c2nc(NCc3ccc(F)cc3)c3cc([N+](=O)[O-])sc3n2)CC1. The van der Waals surface area contributed by atoms with E-state index in [2.05, 4.69) is 15.3 Å². The first-order valence-electron chi connectivity index (χ1n) is 10.5. The molecule has 2 aromatic heterocycles. The lowest BCUT2D eigenvalue weighted by molar-refractivity contribution is -0.380. The van der Waals surface area contributed by atoms with Crippen LogP contribution in [-0.2, 0) is 16.0 Å². The summed E-state index contributed by atoms with van der Waals surface area (Å²) in [6, 6.07) is 7.51. The molecule has 1 saturated heterocycles. The summed E-state index contributed by atoms with van der Waals surface area (Å²) in [5, 5.41) is 15.0. The zero-order valence-electron chi connectivity index (χ0n) is 17.8. The number of hydrogen-bond donors (Lipinski definition) is 1. The smallest absolute Gasteiger partial charge is 0.435 e. The van der Waals surface area contributed by atoms with Crippen LogP contribution in [0.4, 0.5) is 26.0 Å². The molecule has 0 unspecified atom stereocenters. The second-order valence-electron chi connectivity index (χ2n) is 7.40. The van der Waals surface area contributed by atoms with Crippen LogP contribution in [0, 0.1) is 15.9 Å². The highest BCUT2D eigenvalue weighted by Crippen LogP contribution is 2.35. The fourth-order valence-electron chi connectivity index (χ4n) is 3.51. The summed E-state index contributed by atoms with van der Waals surface area (Å²) in [5.74, 6) is 0.582. The van der Waals surface area contributed by atoms with Crippen LogP contribution in [0.5, 0.6) is 0 Å². The van der Waals surface area contributed by atoms with Crippen LogP contribution in [0.2, 0.25) is 0 Å². The van der Waals surface area contributed by atoms with Gasteiger partial charge in [-0.15, -0.1) is 0 Å². The summed E-state index contributed by atoms with van der Waals surface area (Å²) < 4.78 is 23.3. The number of benzene rings is 1. The van der Waals surface area contributed by atoms with E-state index in [1.807, 2.05) is 4.90 Å². The molecular formula is C21H22FN5O5S. The van der Waals surface area contributed by atoms with E-state index in [9.17, 15) is 19.3 Å². The van der Waals surface area contributed by atoms with Gasteiger partial charge in [-0.2, -0.15) is 4.98 Å². The topological polar surface area (TPSA) is 120 Å². The summed E-state index contributed by atoms with van der Waals surface area (Å²) in [4.78, 5) is 34.0. The number of nitrogens with one attached hydrogen (secondary N) is 1. The van der Waals surface area contributed by atoms with E-state index in [1.54, 1.807) is 19.1 Å². The number of carbonyl (C=O) groups is 1. The van der Waals surface area contributed by atoms with Gasteiger partial charge in [0.25, 0.3) is 0 Å². The minimum absolute atomic E-state index is 0.0252. The molecule has 1 aliphatic heterocycles. The Morgan fingerprint density at radius 3 is 2.70 bits per heavy atom. The van der Waals surface area contributed by atoms with Crippen molar-refractivity contribution in [3.05, 3.63) is 51.8 Å². The van der Waals surface area contributed by atoms with E-state index in [0.29, 0.717) is 54.5 Å². The Balaban J connectivity index is 1.54. The van der Waals surface area contributed by atoms with Gasteiger partial charge < -0.3 is 19.7 Å². The maximum Gasteiger partial charge on any atom is 0.508 e. The van der Waals surface area contributed by atoms with Crippen molar-refractivity contribution in [3.8, 4) is 0 Å². The molecule has 0 aliphatic carbocycles. The van der Waals surface area contributed by atoms with E-state index in [4.69, 9.17) is 9.47 Å². The number of carbonyl (C=O) groups excluding carboxylic acids is 1. The second kappa shape index (κ2) is 9.94. The van der Waals surface area contributed by atoms with Crippen molar-refractivity contribution in [3.63, 3.8) is 0 Å². The molecule has 10 nitrogen and oxygen atoms in total. The van der Waals surface area contributed by atoms with Crippen LogP contribution < -0.4 is 10.2 Å². The molecule has 0 radical (unpaired) electrons. The fraction of sp³-hybridized carbons (Fsp3) is 0.381. The van der Waals surface area contributed by atoms with E-state index < -0.39 is 11.1 Å². The lowest BCUT2D eigenvalue weighted by Gasteiger charge is -2.31. The highest BCUT2D eigenvalue weighted by molar-refractivity contribution is 7.21. The third-order valence-corrected chi connectivity index (χ3v) is 6.15. The molecule has 0 spiro atoms. The summed E-state index contributed by atoms with van der Waals surface area (Å²) in [6.45, 7) is 3.45. The molecule has 1 aliphatic rings. The number of hydrogen-bond acceptors (Lipinski definition) is 10. The number of anilines is 2. The van der Waals surface area contributed by atoms with Crippen molar-refractivity contribution in [2.75, 3.05) is 29.9 Å². The van der Waals surface area contributed by atoms with Crippen molar-refractivity contribution in [2.24, 2.45) is 0 Å². The number of thiophene rings is 1. The maximum absolute atomic E-state index is 13.2. The van der Waals surface area contributed by atoms with E-state index in [1.165, 1.54) is 18.2 Å². The maximum atomic E-state index is 13.2. The molecular weight excluding hydrogens is 453 g/mol. The molecule has 4 rings (SSSR count). The Hall–Kier alpha value is -3.54. The Labute approximate surface area is 192 Å². The molecule has 0 bridgehead atoms. The number of halogens is 1. The van der Waals surface area contributed by atoms with Crippen LogP contribution in [0.25, 0.3) is 10.2 Å². The zero-order chi connectivity index (χ0) is 23.4. The third kappa shape index (κ3) is 5.45. The highest BCUT2D eigenvalue weighted by Gasteiger charge is 2.26. The minimum atomic E-state index is -0.674. The van der Waals surface area contributed by atoms with Gasteiger partial charge in [-0.3, -0.25) is 10.1 Å². The highest BCUT2D eigenvalue weighted by atomic mass is 32.1. The van der Waals surface area contributed by atoms with Gasteiger partial charge in [0, 0.05) is 38.5 Å². The van der Waals surface area contributed by atoms with E-state index in [0.717, 1.165) is 16.9 Å². The van der Waals surface area contributed by atoms with E-state index >= 15 is 0 Å². The van der Waals surface area contributed by atoms with E-state index in [-0.39, 0.29) is 23.5 Å². The van der Waals surface area contributed by atoms with Crippen molar-refractivity contribution >= 4 is 44.5 Å². The fourth-order valence-corrected chi connectivity index (χ4v) is 4.36. The summed E-state index contributed by atoms with van der Waals surface area (Å²) in [5.41, 5.74) is 0.839. The first-order chi connectivity index (χ1) is 15.9. The van der Waals surface area contributed by atoms with Gasteiger partial charge in [-0.1, -0.05) is 12.1 Å². The average molecular weight is 476 g/mol. The van der Waals surface area contributed by atoms with Crippen molar-refractivity contribution in [1.82, 2.24) is 9.97 Å². The van der Waals surface area contributed by atoms with Gasteiger partial charge >= 0.3 is 11.2 Å². The van der Waals surface area contributed by atoms with Gasteiger partial charge in [0.2, 0.25) is 5.95 Å². The Morgan fingerprint density at radius 2 is 2.03 bits per heavy atom. The van der Waals surface area contributed by atoms with Crippen LogP contribution >= 0.6 is 11.3 Å². The lowest BCUT2D eigenvalue weighted by atomic mass is 10.1. The van der Waals surface area contributed by atoms with Crippen molar-refractivity contribution in [1.29, 1.82) is 0 Å². The average Bonchev–Trinajstić information content (AvgIpc) is 3.24. The van der Waals surface area contributed by atoms with Gasteiger partial charge in [-0.25, -0.2) is 14.2 Å². The van der Waals surface area contributed by atoms with Gasteiger partial charge in [0.1, 0.15) is 22.6 Å². The van der Waals surface area contributed by atoms with Gasteiger partial charge in [0.15, 0.2) is 0 Å². The van der Waals surface area contributed by atoms with Gasteiger partial charge in [-0.05, 0) is 36.0 Å². The standard InChI is InChI=1S/C21H22FN5O5S/c1-2-31-21(28)32-15-7-9-26(10-8-15)20-24-18(23-12-13-3-5-14(22)6-4-13)16-11-17(27(29)30)33-19(16)25-20/h3-6,11,15H,2,7-10,12H2,1H3,(H,23,24,25). The first-order valence-corrected chi connectivity index (χ1v) is 11.3.